The number of amides is 2. The third-order valence-electron chi connectivity index (χ3n) is 5.31. The third-order valence-corrected chi connectivity index (χ3v) is 7.40. The molecular weight excluding hydrogens is 491 g/mol. The van der Waals surface area contributed by atoms with E-state index in [9.17, 15) is 22.8 Å². The fourth-order valence-corrected chi connectivity index (χ4v) is 5.29. The minimum absolute atomic E-state index is 0.0146. The summed E-state index contributed by atoms with van der Waals surface area (Å²) in [5.41, 5.74) is -0.307. The number of urea groups is 1. The number of aromatic nitrogens is 1. The van der Waals surface area contributed by atoms with Gasteiger partial charge in [0.2, 0.25) is 0 Å². The number of hydrogen-bond donors (Lipinski definition) is 2. The number of alkyl halides is 3. The van der Waals surface area contributed by atoms with E-state index in [2.05, 4.69) is 10.3 Å². The van der Waals surface area contributed by atoms with Gasteiger partial charge in [-0.25, -0.2) is 9.78 Å². The molecule has 1 aromatic heterocycles. The highest BCUT2D eigenvalue weighted by Gasteiger charge is 2.30. The molecule has 0 aliphatic heterocycles. The Balaban J connectivity index is 1.56. The van der Waals surface area contributed by atoms with Crippen LogP contribution in [0.15, 0.2) is 34.7 Å². The standard InChI is InChI=1S/C22H26F3N3O4S2/c23-22(24,25)16-6-4-5-15(11-16)13-32-10-9-28(17-7-2-1-3-8-17)21(31)27-20-26-12-19(34-20)33-14-18(29)30/h4-6,11-12,17H,1-3,7-10,13-14H2,(H,29,30)(H,26,27,31). The first-order valence-corrected chi connectivity index (χ1v) is 12.6. The summed E-state index contributed by atoms with van der Waals surface area (Å²) < 4.78 is 45.0. The molecule has 7 nitrogen and oxygen atoms in total. The molecule has 1 heterocycles. The number of thiazole rings is 1. The van der Waals surface area contributed by atoms with Gasteiger partial charge in [-0.2, -0.15) is 13.2 Å². The number of carboxylic acid groups (broad SMARTS) is 1. The number of nitrogens with zero attached hydrogens (tertiary/aromatic N) is 2. The normalized spacial score (nSPS) is 14.7. The van der Waals surface area contributed by atoms with Crippen LogP contribution in [-0.4, -0.2) is 51.9 Å². The van der Waals surface area contributed by atoms with Crippen LogP contribution < -0.4 is 5.32 Å². The summed E-state index contributed by atoms with van der Waals surface area (Å²) >= 11 is 2.33. The average molecular weight is 518 g/mol. The minimum Gasteiger partial charge on any atom is -0.481 e. The number of carbonyl (C=O) groups is 2. The lowest BCUT2D eigenvalue weighted by atomic mass is 9.94. The van der Waals surface area contributed by atoms with Gasteiger partial charge in [0.1, 0.15) is 0 Å². The van der Waals surface area contributed by atoms with Crippen molar-refractivity contribution in [1.29, 1.82) is 0 Å². The van der Waals surface area contributed by atoms with Crippen molar-refractivity contribution < 1.29 is 32.6 Å². The smallest absolute Gasteiger partial charge is 0.416 e. The Morgan fingerprint density at radius 1 is 1.26 bits per heavy atom. The minimum atomic E-state index is -4.41. The molecule has 3 rings (SSSR count). The zero-order valence-corrected chi connectivity index (χ0v) is 20.0. The van der Waals surface area contributed by atoms with Gasteiger partial charge in [-0.05, 0) is 30.5 Å². The third kappa shape index (κ3) is 8.17. The molecular formula is C22H26F3N3O4S2. The summed E-state index contributed by atoms with van der Waals surface area (Å²) in [6.45, 7) is 0.486. The summed E-state index contributed by atoms with van der Waals surface area (Å²) in [6.07, 6.45) is 2.02. The summed E-state index contributed by atoms with van der Waals surface area (Å²) in [5.74, 6) is -1.02. The maximum atomic E-state index is 13.0. The molecule has 0 saturated heterocycles. The molecule has 0 spiro atoms. The lowest BCUT2D eigenvalue weighted by molar-refractivity contribution is -0.137. The molecule has 1 fully saturated rings. The van der Waals surface area contributed by atoms with E-state index in [1.54, 1.807) is 11.0 Å². The predicted octanol–water partition coefficient (Wildman–Crippen LogP) is 5.72. The van der Waals surface area contributed by atoms with E-state index in [1.807, 2.05) is 0 Å². The van der Waals surface area contributed by atoms with E-state index in [0.717, 1.165) is 56.0 Å². The van der Waals surface area contributed by atoms with E-state index in [1.165, 1.54) is 23.6 Å². The highest BCUT2D eigenvalue weighted by molar-refractivity contribution is 8.01. The van der Waals surface area contributed by atoms with Gasteiger partial charge in [-0.15, -0.1) is 11.8 Å². The Morgan fingerprint density at radius 2 is 2.03 bits per heavy atom. The summed E-state index contributed by atoms with van der Waals surface area (Å²) in [5, 5.41) is 12.0. The largest absolute Gasteiger partial charge is 0.481 e. The lowest BCUT2D eigenvalue weighted by Gasteiger charge is -2.34. The van der Waals surface area contributed by atoms with Crippen LogP contribution in [0.3, 0.4) is 0 Å². The molecule has 1 aliphatic carbocycles. The van der Waals surface area contributed by atoms with E-state index >= 15 is 0 Å². The second kappa shape index (κ2) is 12.4. The number of halogens is 3. The molecule has 12 heteroatoms. The van der Waals surface area contributed by atoms with Crippen molar-refractivity contribution in [3.63, 3.8) is 0 Å². The summed E-state index contributed by atoms with van der Waals surface area (Å²) in [7, 11) is 0. The predicted molar refractivity (Wildman–Crippen MR) is 124 cm³/mol. The quantitative estimate of drug-likeness (QED) is 0.309. The first-order valence-electron chi connectivity index (χ1n) is 10.8. The molecule has 1 aromatic carbocycles. The molecule has 1 aliphatic rings. The van der Waals surface area contributed by atoms with Gasteiger partial charge in [0.25, 0.3) is 0 Å². The van der Waals surface area contributed by atoms with E-state index in [-0.39, 0.29) is 31.0 Å². The van der Waals surface area contributed by atoms with Gasteiger partial charge in [0, 0.05) is 12.6 Å². The van der Waals surface area contributed by atoms with E-state index in [4.69, 9.17) is 9.84 Å². The number of ether oxygens (including phenoxy) is 1. The molecule has 1 saturated carbocycles. The van der Waals surface area contributed by atoms with Crippen LogP contribution in [0.25, 0.3) is 0 Å². The molecule has 34 heavy (non-hydrogen) atoms. The molecule has 0 bridgehead atoms. The fraction of sp³-hybridized carbons (Fsp3) is 0.500. The zero-order valence-electron chi connectivity index (χ0n) is 18.3. The lowest BCUT2D eigenvalue weighted by Crippen LogP contribution is -2.45. The van der Waals surface area contributed by atoms with Crippen LogP contribution in [0.4, 0.5) is 23.1 Å². The Hall–Kier alpha value is -2.31. The van der Waals surface area contributed by atoms with Crippen LogP contribution in [-0.2, 0) is 22.3 Å². The van der Waals surface area contributed by atoms with Crippen LogP contribution in [0, 0.1) is 0 Å². The first-order chi connectivity index (χ1) is 16.2. The van der Waals surface area contributed by atoms with Crippen LogP contribution in [0.2, 0.25) is 0 Å². The number of aliphatic carboxylic acids is 1. The number of hydrogen-bond acceptors (Lipinski definition) is 6. The van der Waals surface area contributed by atoms with Gasteiger partial charge in [-0.3, -0.25) is 10.1 Å². The van der Waals surface area contributed by atoms with Gasteiger partial charge in [0.05, 0.1) is 34.9 Å². The first kappa shape index (κ1) is 26.3. The maximum absolute atomic E-state index is 13.0. The number of nitrogens with one attached hydrogen (secondary N) is 1. The zero-order chi connectivity index (χ0) is 24.6. The molecule has 2 amide bonds. The van der Waals surface area contributed by atoms with Gasteiger partial charge in [-0.1, -0.05) is 42.7 Å². The SMILES string of the molecule is O=C(O)CSc1cnc(NC(=O)N(CCOCc2cccc(C(F)(F)F)c2)C2CCCCC2)s1. The Bertz CT molecular complexity index is 965. The fourth-order valence-electron chi connectivity index (χ4n) is 3.71. The number of carboxylic acids is 1. The Kier molecular flexibility index (Phi) is 9.60. The average Bonchev–Trinajstić information content (AvgIpc) is 3.25. The number of thioether (sulfide) groups is 1. The monoisotopic (exact) mass is 517 g/mol. The number of anilines is 1. The second-order valence-electron chi connectivity index (χ2n) is 7.83. The molecule has 0 radical (unpaired) electrons. The van der Waals surface area contributed by atoms with E-state index in [0.29, 0.717) is 21.4 Å². The molecule has 0 atom stereocenters. The molecule has 0 unspecified atom stereocenters. The van der Waals surface area contributed by atoms with Crippen molar-refractivity contribution in [2.24, 2.45) is 0 Å². The maximum Gasteiger partial charge on any atom is 0.416 e. The second-order valence-corrected chi connectivity index (χ2v) is 10.1. The molecule has 2 N–H and O–H groups in total. The number of benzene rings is 1. The molecule has 186 valence electrons. The van der Waals surface area contributed by atoms with Gasteiger partial charge >= 0.3 is 18.2 Å². The van der Waals surface area contributed by atoms with Crippen molar-refractivity contribution in [2.75, 3.05) is 24.2 Å². The van der Waals surface area contributed by atoms with Crippen LogP contribution in [0.5, 0.6) is 0 Å². The van der Waals surface area contributed by atoms with Crippen molar-refractivity contribution in [3.05, 3.63) is 41.6 Å². The van der Waals surface area contributed by atoms with Crippen LogP contribution in [0.1, 0.15) is 43.2 Å². The molecule has 2 aromatic rings. The van der Waals surface area contributed by atoms with Crippen molar-refractivity contribution in [1.82, 2.24) is 9.88 Å². The summed E-state index contributed by atoms with van der Waals surface area (Å²) in [6, 6.07) is 4.73. The number of rotatable bonds is 10. The Labute approximate surface area is 203 Å². The van der Waals surface area contributed by atoms with Crippen molar-refractivity contribution in [3.8, 4) is 0 Å². The highest BCUT2D eigenvalue weighted by atomic mass is 32.2. The topological polar surface area (TPSA) is 91.8 Å². The van der Waals surface area contributed by atoms with Crippen molar-refractivity contribution >= 4 is 40.2 Å². The van der Waals surface area contributed by atoms with Gasteiger partial charge < -0.3 is 14.7 Å². The van der Waals surface area contributed by atoms with Crippen molar-refractivity contribution in [2.45, 2.75) is 55.1 Å². The summed E-state index contributed by atoms with van der Waals surface area (Å²) in [4.78, 5) is 29.6. The Morgan fingerprint density at radius 3 is 2.74 bits per heavy atom. The van der Waals surface area contributed by atoms with Crippen LogP contribution >= 0.6 is 23.1 Å². The number of carbonyl (C=O) groups excluding carboxylic acids is 1. The highest BCUT2D eigenvalue weighted by Crippen LogP contribution is 2.30. The van der Waals surface area contributed by atoms with Gasteiger partial charge in [0.15, 0.2) is 5.13 Å². The van der Waals surface area contributed by atoms with E-state index < -0.39 is 17.7 Å².